The Kier molecular flexibility index (Phi) is 4.93. The number of hydrogen-bond donors (Lipinski definition) is 1. The lowest BCUT2D eigenvalue weighted by Gasteiger charge is -2.25. The zero-order valence-electron chi connectivity index (χ0n) is 18.8. The number of rotatable bonds is 3. The molecule has 0 aliphatic heterocycles. The Bertz CT molecular complexity index is 1460. The molecular weight excluding hydrogens is 402 g/mol. The van der Waals surface area contributed by atoms with Crippen LogP contribution < -0.4 is 11.1 Å². The molecule has 0 unspecified atom stereocenters. The van der Waals surface area contributed by atoms with Crippen molar-refractivity contribution in [1.29, 1.82) is 0 Å². The van der Waals surface area contributed by atoms with E-state index in [4.69, 9.17) is 11.0 Å². The predicted molar refractivity (Wildman–Crippen MR) is 127 cm³/mol. The molecule has 1 N–H and O–H groups in total. The molecule has 162 valence electrons. The number of nitrogens with zero attached hydrogens (tertiary/aromatic N) is 2. The van der Waals surface area contributed by atoms with Crippen molar-refractivity contribution in [2.45, 2.75) is 45.6 Å². The van der Waals surface area contributed by atoms with Crippen molar-refractivity contribution in [3.05, 3.63) is 82.1 Å². The first-order valence-electron chi connectivity index (χ1n) is 10.4. The van der Waals surface area contributed by atoms with E-state index in [2.05, 4.69) is 30.9 Å². The molecule has 0 bridgehead atoms. The maximum absolute atomic E-state index is 13.4. The van der Waals surface area contributed by atoms with Crippen LogP contribution in [0.25, 0.3) is 26.7 Å². The molecule has 0 saturated carbocycles. The fourth-order valence-corrected chi connectivity index (χ4v) is 3.88. The first-order chi connectivity index (χ1) is 15.0. The average Bonchev–Trinajstić information content (AvgIpc) is 3.08. The highest BCUT2D eigenvalue weighted by Gasteiger charge is 2.34. The van der Waals surface area contributed by atoms with E-state index in [1.165, 1.54) is 4.57 Å². The number of carbonyl (C=O) groups is 1. The predicted octanol–water partition coefficient (Wildman–Crippen LogP) is 5.97. The van der Waals surface area contributed by atoms with Crippen LogP contribution in [0.15, 0.2) is 63.8 Å². The minimum absolute atomic E-state index is 0.0969. The molecule has 3 aromatic carbocycles. The van der Waals surface area contributed by atoms with Gasteiger partial charge in [0.05, 0.1) is 12.1 Å². The standard InChI is InChI=1S/C26H25N3O3/c1-25(2,3)16-11-14-21-22(15-16)32-24(31)29(21)26(4,5)23(30)28-20-13-12-19(27-6)17-9-7-8-10-18(17)20/h7-15H,1-5H3,(H,28,30). The third-order valence-electron chi connectivity index (χ3n) is 5.83. The summed E-state index contributed by atoms with van der Waals surface area (Å²) in [5.41, 5.74) is 1.85. The Morgan fingerprint density at radius 1 is 1.00 bits per heavy atom. The van der Waals surface area contributed by atoms with E-state index in [0.29, 0.717) is 22.5 Å². The Morgan fingerprint density at radius 3 is 2.34 bits per heavy atom. The van der Waals surface area contributed by atoms with Crippen LogP contribution in [-0.4, -0.2) is 10.5 Å². The molecule has 0 fully saturated rings. The van der Waals surface area contributed by atoms with Gasteiger partial charge in [-0.05, 0) is 53.8 Å². The van der Waals surface area contributed by atoms with Crippen LogP contribution in [0, 0.1) is 6.57 Å². The minimum atomic E-state index is -1.22. The number of anilines is 1. The van der Waals surface area contributed by atoms with Crippen molar-refractivity contribution in [3.63, 3.8) is 0 Å². The molecular formula is C26H25N3O3. The molecule has 32 heavy (non-hydrogen) atoms. The summed E-state index contributed by atoms with van der Waals surface area (Å²) in [6.07, 6.45) is 0. The third kappa shape index (κ3) is 3.46. The molecule has 4 rings (SSSR count). The molecule has 4 aromatic rings. The zero-order chi connectivity index (χ0) is 23.3. The molecule has 0 spiro atoms. The largest absolute Gasteiger partial charge is 0.420 e. The Hall–Kier alpha value is -3.85. The van der Waals surface area contributed by atoms with E-state index in [1.54, 1.807) is 26.0 Å². The van der Waals surface area contributed by atoms with E-state index in [0.717, 1.165) is 16.3 Å². The van der Waals surface area contributed by atoms with Crippen molar-refractivity contribution >= 4 is 39.2 Å². The van der Waals surface area contributed by atoms with E-state index >= 15 is 0 Å². The number of amides is 1. The van der Waals surface area contributed by atoms with Gasteiger partial charge in [-0.2, -0.15) is 0 Å². The molecule has 0 saturated heterocycles. The first kappa shape index (κ1) is 21.4. The lowest BCUT2D eigenvalue weighted by Crippen LogP contribution is -2.44. The first-order valence-corrected chi connectivity index (χ1v) is 10.4. The van der Waals surface area contributed by atoms with Gasteiger partial charge < -0.3 is 9.73 Å². The second kappa shape index (κ2) is 7.38. The molecule has 6 nitrogen and oxygen atoms in total. The molecule has 1 aromatic heterocycles. The molecule has 6 heteroatoms. The van der Waals surface area contributed by atoms with Crippen LogP contribution in [0.4, 0.5) is 11.4 Å². The van der Waals surface area contributed by atoms with E-state index < -0.39 is 11.3 Å². The monoisotopic (exact) mass is 427 g/mol. The highest BCUT2D eigenvalue weighted by Crippen LogP contribution is 2.33. The number of carbonyl (C=O) groups excluding carboxylic acids is 1. The molecule has 1 amide bonds. The maximum atomic E-state index is 13.4. The fourth-order valence-electron chi connectivity index (χ4n) is 3.88. The maximum Gasteiger partial charge on any atom is 0.420 e. The summed E-state index contributed by atoms with van der Waals surface area (Å²) >= 11 is 0. The van der Waals surface area contributed by atoms with Crippen LogP contribution in [0.5, 0.6) is 0 Å². The van der Waals surface area contributed by atoms with Crippen molar-refractivity contribution in [2.75, 3.05) is 5.32 Å². The smallest absolute Gasteiger partial charge is 0.408 e. The van der Waals surface area contributed by atoms with Crippen molar-refractivity contribution in [2.24, 2.45) is 0 Å². The van der Waals surface area contributed by atoms with Crippen molar-refractivity contribution in [3.8, 4) is 0 Å². The molecule has 0 aliphatic carbocycles. The van der Waals surface area contributed by atoms with Crippen molar-refractivity contribution < 1.29 is 9.21 Å². The average molecular weight is 428 g/mol. The number of nitrogens with one attached hydrogen (secondary N) is 1. The summed E-state index contributed by atoms with van der Waals surface area (Å²) in [7, 11) is 0. The van der Waals surface area contributed by atoms with Crippen LogP contribution in [0.1, 0.15) is 40.2 Å². The minimum Gasteiger partial charge on any atom is -0.408 e. The third-order valence-corrected chi connectivity index (χ3v) is 5.83. The Labute approximate surface area is 186 Å². The van der Waals surface area contributed by atoms with Gasteiger partial charge in [-0.25, -0.2) is 9.64 Å². The zero-order valence-corrected chi connectivity index (χ0v) is 18.8. The second-order valence-corrected chi connectivity index (χ2v) is 9.44. The van der Waals surface area contributed by atoms with Crippen molar-refractivity contribution in [1.82, 2.24) is 4.57 Å². The van der Waals surface area contributed by atoms with Gasteiger partial charge in [0.25, 0.3) is 0 Å². The summed E-state index contributed by atoms with van der Waals surface area (Å²) in [6.45, 7) is 17.0. The summed E-state index contributed by atoms with van der Waals surface area (Å²) < 4.78 is 6.90. The van der Waals surface area contributed by atoms with Gasteiger partial charge in [0, 0.05) is 5.69 Å². The van der Waals surface area contributed by atoms with Crippen LogP contribution in [0.3, 0.4) is 0 Å². The van der Waals surface area contributed by atoms with Gasteiger partial charge >= 0.3 is 5.76 Å². The number of benzene rings is 3. The van der Waals surface area contributed by atoms with E-state index in [-0.39, 0.29) is 11.3 Å². The summed E-state index contributed by atoms with van der Waals surface area (Å²) in [5.74, 6) is -0.942. The van der Waals surface area contributed by atoms with Crippen LogP contribution in [-0.2, 0) is 15.7 Å². The molecule has 1 heterocycles. The number of oxazole rings is 1. The fraction of sp³-hybridized carbons (Fsp3) is 0.269. The lowest BCUT2D eigenvalue weighted by molar-refractivity contribution is -0.123. The van der Waals surface area contributed by atoms with E-state index in [1.807, 2.05) is 42.5 Å². The summed E-state index contributed by atoms with van der Waals surface area (Å²) in [4.78, 5) is 29.7. The van der Waals surface area contributed by atoms with Gasteiger partial charge in [0.15, 0.2) is 11.3 Å². The van der Waals surface area contributed by atoms with E-state index in [9.17, 15) is 9.59 Å². The topological polar surface area (TPSA) is 68.6 Å². The molecule has 0 radical (unpaired) electrons. The number of hydrogen-bond acceptors (Lipinski definition) is 3. The van der Waals surface area contributed by atoms with Crippen LogP contribution >= 0.6 is 0 Å². The van der Waals surface area contributed by atoms with Gasteiger partial charge in [0.1, 0.15) is 5.54 Å². The normalized spacial score (nSPS) is 12.1. The molecule has 0 atom stereocenters. The van der Waals surface area contributed by atoms with Gasteiger partial charge in [0.2, 0.25) is 5.91 Å². The number of fused-ring (bicyclic) bond motifs is 2. The summed E-state index contributed by atoms with van der Waals surface area (Å²) in [5, 5.41) is 4.48. The highest BCUT2D eigenvalue weighted by molar-refractivity contribution is 6.08. The van der Waals surface area contributed by atoms with Crippen LogP contribution in [0.2, 0.25) is 0 Å². The quantitative estimate of drug-likeness (QED) is 0.410. The Balaban J connectivity index is 1.76. The SMILES string of the molecule is [C-]#[N+]c1ccc(NC(=O)C(C)(C)n2c(=O)oc3cc(C(C)(C)C)ccc32)c2ccccc12. The second-order valence-electron chi connectivity index (χ2n) is 9.44. The van der Waals surface area contributed by atoms with Gasteiger partial charge in [-0.1, -0.05) is 57.2 Å². The Morgan fingerprint density at radius 2 is 1.69 bits per heavy atom. The van der Waals surface area contributed by atoms with Gasteiger partial charge in [-0.15, -0.1) is 0 Å². The summed E-state index contributed by atoms with van der Waals surface area (Å²) in [6, 6.07) is 16.5. The highest BCUT2D eigenvalue weighted by atomic mass is 16.4. The van der Waals surface area contributed by atoms with Gasteiger partial charge in [-0.3, -0.25) is 9.36 Å². The lowest BCUT2D eigenvalue weighted by atomic mass is 9.87. The molecule has 0 aliphatic rings. The number of aromatic nitrogens is 1.